The van der Waals surface area contributed by atoms with Gasteiger partial charge in [-0.2, -0.15) is 0 Å². The van der Waals surface area contributed by atoms with Crippen LogP contribution < -0.4 is 10.5 Å². The van der Waals surface area contributed by atoms with Crippen molar-refractivity contribution in [3.8, 4) is 5.75 Å². The fourth-order valence-electron chi connectivity index (χ4n) is 3.72. The third-order valence-corrected chi connectivity index (χ3v) is 5.28. The maximum absolute atomic E-state index is 12.6. The van der Waals surface area contributed by atoms with E-state index >= 15 is 0 Å². The van der Waals surface area contributed by atoms with Crippen LogP contribution in [0.3, 0.4) is 0 Å². The van der Waals surface area contributed by atoms with Gasteiger partial charge in [0.1, 0.15) is 5.75 Å². The Bertz CT molecular complexity index is 1380. The Kier molecular flexibility index (Phi) is 3.59. The van der Waals surface area contributed by atoms with E-state index in [1.165, 1.54) is 5.39 Å². The zero-order valence-electron chi connectivity index (χ0n) is 15.3. The molecule has 28 heavy (non-hydrogen) atoms. The number of carbonyl (C=O) groups excluding carboxylic acids is 1. The van der Waals surface area contributed by atoms with E-state index in [1.807, 2.05) is 37.3 Å². The minimum Gasteiger partial charge on any atom is -0.423 e. The normalized spacial score (nSPS) is 11.3. The molecule has 0 aliphatic carbocycles. The molecule has 5 aromatic rings. The number of carbonyl (C=O) groups is 1. The van der Waals surface area contributed by atoms with Gasteiger partial charge in [-0.25, -0.2) is 4.79 Å². The Morgan fingerprint density at radius 2 is 1.71 bits per heavy atom. The van der Waals surface area contributed by atoms with Gasteiger partial charge in [0.25, 0.3) is 0 Å². The van der Waals surface area contributed by atoms with Gasteiger partial charge in [0, 0.05) is 27.4 Å². The molecule has 0 saturated carbocycles. The molecule has 0 aliphatic rings. The number of ether oxygens (including phenoxy) is 1. The summed E-state index contributed by atoms with van der Waals surface area (Å²) in [7, 11) is 0. The van der Waals surface area contributed by atoms with Crippen molar-refractivity contribution in [2.24, 2.45) is 0 Å². The molecule has 1 heterocycles. The van der Waals surface area contributed by atoms with Gasteiger partial charge in [-0.1, -0.05) is 42.5 Å². The number of aromatic nitrogens is 1. The summed E-state index contributed by atoms with van der Waals surface area (Å²) >= 11 is 0. The van der Waals surface area contributed by atoms with Crippen LogP contribution in [-0.2, 0) is 0 Å². The average Bonchev–Trinajstić information content (AvgIpc) is 3.09. The molecule has 5 rings (SSSR count). The number of fused-ring (bicyclic) bond motifs is 5. The SMILES string of the molecule is Cc1c(N)cccc1C(=O)Oc1ccc2ccc3c4ccccc4[nH]c3c2c1. The number of esters is 1. The number of rotatable bonds is 2. The second kappa shape index (κ2) is 6.13. The van der Waals surface area contributed by atoms with E-state index in [4.69, 9.17) is 10.5 Å². The summed E-state index contributed by atoms with van der Waals surface area (Å²) in [6, 6.07) is 23.4. The highest BCUT2D eigenvalue weighted by atomic mass is 16.5. The molecular formula is C24H18N2O2. The Morgan fingerprint density at radius 3 is 2.61 bits per heavy atom. The summed E-state index contributed by atoms with van der Waals surface area (Å²) in [6.07, 6.45) is 0. The second-order valence-corrected chi connectivity index (χ2v) is 6.95. The first kappa shape index (κ1) is 16.4. The number of H-pyrrole nitrogens is 1. The zero-order chi connectivity index (χ0) is 19.3. The quantitative estimate of drug-likeness (QED) is 0.243. The molecule has 0 unspecified atom stereocenters. The first-order chi connectivity index (χ1) is 13.6. The number of nitrogen functional groups attached to an aromatic ring is 1. The molecule has 136 valence electrons. The summed E-state index contributed by atoms with van der Waals surface area (Å²) in [5, 5.41) is 4.43. The highest BCUT2D eigenvalue weighted by molar-refractivity contribution is 6.17. The van der Waals surface area contributed by atoms with Crippen LogP contribution in [0.15, 0.2) is 72.8 Å². The lowest BCUT2D eigenvalue weighted by molar-refractivity contribution is 0.0734. The molecule has 1 aromatic heterocycles. The van der Waals surface area contributed by atoms with Crippen molar-refractivity contribution in [1.82, 2.24) is 4.98 Å². The zero-order valence-corrected chi connectivity index (χ0v) is 15.3. The molecule has 0 saturated heterocycles. The first-order valence-electron chi connectivity index (χ1n) is 9.12. The van der Waals surface area contributed by atoms with Gasteiger partial charge >= 0.3 is 5.97 Å². The highest BCUT2D eigenvalue weighted by Crippen LogP contribution is 2.33. The fraction of sp³-hybridized carbons (Fsp3) is 0.0417. The largest absolute Gasteiger partial charge is 0.423 e. The Labute approximate surface area is 161 Å². The first-order valence-corrected chi connectivity index (χ1v) is 9.12. The summed E-state index contributed by atoms with van der Waals surface area (Å²) < 4.78 is 5.66. The van der Waals surface area contributed by atoms with Gasteiger partial charge in [-0.15, -0.1) is 0 Å². The number of aromatic amines is 1. The van der Waals surface area contributed by atoms with Crippen LogP contribution in [-0.4, -0.2) is 11.0 Å². The number of hydrogen-bond acceptors (Lipinski definition) is 3. The standard InChI is InChI=1S/C24H18N2O2/c1-14-17(6-4-7-21(14)25)24(27)28-16-11-9-15-10-12-19-18-5-2-3-8-22(18)26-23(19)20(15)13-16/h2-13,26H,25H2,1H3. The summed E-state index contributed by atoms with van der Waals surface area (Å²) in [5.74, 6) is 0.0958. The average molecular weight is 366 g/mol. The Morgan fingerprint density at radius 1 is 0.893 bits per heavy atom. The third kappa shape index (κ3) is 2.50. The molecule has 3 N–H and O–H groups in total. The van der Waals surface area contributed by atoms with Gasteiger partial charge in [0.05, 0.1) is 11.1 Å². The fourth-order valence-corrected chi connectivity index (χ4v) is 3.72. The number of para-hydroxylation sites is 1. The molecule has 4 aromatic carbocycles. The van der Waals surface area contributed by atoms with Crippen LogP contribution in [0.25, 0.3) is 32.6 Å². The smallest absolute Gasteiger partial charge is 0.343 e. The molecular weight excluding hydrogens is 348 g/mol. The van der Waals surface area contributed by atoms with E-state index in [0.717, 1.165) is 32.8 Å². The van der Waals surface area contributed by atoms with E-state index in [9.17, 15) is 4.79 Å². The van der Waals surface area contributed by atoms with E-state index in [0.29, 0.717) is 17.0 Å². The molecule has 0 atom stereocenters. The van der Waals surface area contributed by atoms with Gasteiger partial charge < -0.3 is 15.5 Å². The van der Waals surface area contributed by atoms with E-state index < -0.39 is 5.97 Å². The maximum atomic E-state index is 12.6. The van der Waals surface area contributed by atoms with Gasteiger partial charge in [-0.3, -0.25) is 0 Å². The Hall–Kier alpha value is -3.79. The van der Waals surface area contributed by atoms with Crippen LogP contribution in [0.1, 0.15) is 15.9 Å². The lowest BCUT2D eigenvalue weighted by Crippen LogP contribution is -2.11. The number of benzene rings is 4. The van der Waals surface area contributed by atoms with Crippen molar-refractivity contribution < 1.29 is 9.53 Å². The highest BCUT2D eigenvalue weighted by Gasteiger charge is 2.14. The van der Waals surface area contributed by atoms with Crippen LogP contribution in [0.5, 0.6) is 5.75 Å². The summed E-state index contributed by atoms with van der Waals surface area (Å²) in [5.41, 5.74) is 9.82. The number of nitrogens with two attached hydrogens (primary N) is 1. The maximum Gasteiger partial charge on any atom is 0.343 e. The molecule has 4 heteroatoms. The molecule has 0 radical (unpaired) electrons. The van der Waals surface area contributed by atoms with Gasteiger partial charge in [0.15, 0.2) is 0 Å². The lowest BCUT2D eigenvalue weighted by Gasteiger charge is -2.09. The molecule has 0 fully saturated rings. The van der Waals surface area contributed by atoms with Crippen LogP contribution >= 0.6 is 0 Å². The number of nitrogens with one attached hydrogen (secondary N) is 1. The van der Waals surface area contributed by atoms with Gasteiger partial charge in [0.2, 0.25) is 0 Å². The number of hydrogen-bond donors (Lipinski definition) is 2. The molecule has 0 bridgehead atoms. The van der Waals surface area contributed by atoms with Gasteiger partial charge in [-0.05, 0) is 48.2 Å². The van der Waals surface area contributed by atoms with Crippen molar-refractivity contribution in [2.45, 2.75) is 6.92 Å². The monoisotopic (exact) mass is 366 g/mol. The van der Waals surface area contributed by atoms with E-state index in [2.05, 4.69) is 29.2 Å². The lowest BCUT2D eigenvalue weighted by atomic mass is 10.1. The van der Waals surface area contributed by atoms with Crippen LogP contribution in [0, 0.1) is 6.92 Å². The summed E-state index contributed by atoms with van der Waals surface area (Å²) in [6.45, 7) is 1.82. The number of anilines is 1. The predicted molar refractivity (Wildman–Crippen MR) is 114 cm³/mol. The van der Waals surface area contributed by atoms with E-state index in [-0.39, 0.29) is 0 Å². The molecule has 0 spiro atoms. The van der Waals surface area contributed by atoms with Crippen molar-refractivity contribution in [2.75, 3.05) is 5.73 Å². The molecule has 0 aliphatic heterocycles. The van der Waals surface area contributed by atoms with Crippen LogP contribution in [0.2, 0.25) is 0 Å². The van der Waals surface area contributed by atoms with Crippen molar-refractivity contribution in [3.63, 3.8) is 0 Å². The molecule has 0 amide bonds. The van der Waals surface area contributed by atoms with E-state index in [1.54, 1.807) is 18.2 Å². The van der Waals surface area contributed by atoms with Crippen molar-refractivity contribution >= 4 is 44.2 Å². The molecule has 4 nitrogen and oxygen atoms in total. The Balaban J connectivity index is 1.61. The predicted octanol–water partition coefficient (Wildman–Crippen LogP) is 5.58. The van der Waals surface area contributed by atoms with Crippen LogP contribution in [0.4, 0.5) is 5.69 Å². The van der Waals surface area contributed by atoms with Crippen molar-refractivity contribution in [1.29, 1.82) is 0 Å². The second-order valence-electron chi connectivity index (χ2n) is 6.95. The third-order valence-electron chi connectivity index (χ3n) is 5.28. The minimum absolute atomic E-state index is 0.409. The topological polar surface area (TPSA) is 68.1 Å². The minimum atomic E-state index is -0.409. The van der Waals surface area contributed by atoms with Crippen molar-refractivity contribution in [3.05, 3.63) is 83.9 Å². The summed E-state index contributed by atoms with van der Waals surface area (Å²) in [4.78, 5) is 16.1.